The molecule has 4 heteroatoms. The smallest absolute Gasteiger partial charge is 0.294 e. The maximum absolute atomic E-state index is 12.0. The minimum absolute atomic E-state index is 0.0463. The lowest BCUT2D eigenvalue weighted by atomic mass is 10.3. The van der Waals surface area contributed by atoms with Crippen LogP contribution in [0, 0.1) is 6.92 Å². The Bertz CT molecular complexity index is 625. The third-order valence-corrected chi connectivity index (χ3v) is 2.33. The molecule has 2 aromatic rings. The quantitative estimate of drug-likeness (QED) is 0.758. The molecule has 0 fully saturated rings. The molecule has 0 spiro atoms. The molecule has 15 heavy (non-hydrogen) atoms. The molecule has 2 N–H and O–H groups in total. The van der Waals surface area contributed by atoms with E-state index in [0.29, 0.717) is 5.69 Å². The summed E-state index contributed by atoms with van der Waals surface area (Å²) < 4.78 is 24.5. The minimum atomic E-state index is -2.46. The largest absolute Gasteiger partial charge is 0.393 e. The Morgan fingerprint density at radius 1 is 1.33 bits per heavy atom. The average molecular weight is 206 g/mol. The van der Waals surface area contributed by atoms with Crippen LogP contribution in [0.2, 0.25) is 0 Å². The van der Waals surface area contributed by atoms with Crippen molar-refractivity contribution in [3.63, 3.8) is 0 Å². The van der Waals surface area contributed by atoms with Gasteiger partial charge in [0.25, 0.3) is 5.56 Å². The van der Waals surface area contributed by atoms with Crippen molar-refractivity contribution in [1.82, 2.24) is 9.36 Å². The molecule has 0 aliphatic carbocycles. The highest BCUT2D eigenvalue weighted by molar-refractivity contribution is 5.44. The highest BCUT2D eigenvalue weighted by atomic mass is 16.1. The summed E-state index contributed by atoms with van der Waals surface area (Å²) in [6.45, 7) is -0.945. The zero-order valence-corrected chi connectivity index (χ0v) is 8.27. The maximum Gasteiger partial charge on any atom is 0.294 e. The van der Waals surface area contributed by atoms with Gasteiger partial charge in [-0.2, -0.15) is 0 Å². The Balaban J connectivity index is 2.83. The predicted octanol–water partition coefficient (Wildman–Crippen LogP) is 1.07. The number of rotatable bonds is 1. The summed E-state index contributed by atoms with van der Waals surface area (Å²) in [5.41, 5.74) is 5.78. The van der Waals surface area contributed by atoms with E-state index in [-0.39, 0.29) is 11.4 Å². The van der Waals surface area contributed by atoms with E-state index >= 15 is 0 Å². The van der Waals surface area contributed by atoms with Crippen LogP contribution in [0.15, 0.2) is 35.1 Å². The molecular weight excluding hydrogens is 190 g/mol. The Morgan fingerprint density at radius 3 is 2.60 bits per heavy atom. The fourth-order valence-electron chi connectivity index (χ4n) is 1.43. The highest BCUT2D eigenvalue weighted by Crippen LogP contribution is 2.10. The van der Waals surface area contributed by atoms with Crippen LogP contribution in [0.4, 0.5) is 5.69 Å². The summed E-state index contributed by atoms with van der Waals surface area (Å²) in [7, 11) is 0. The molecule has 0 amide bonds. The molecule has 4 nitrogen and oxygen atoms in total. The molecule has 0 unspecified atom stereocenters. The van der Waals surface area contributed by atoms with Gasteiger partial charge >= 0.3 is 0 Å². The molecule has 0 aliphatic heterocycles. The van der Waals surface area contributed by atoms with Gasteiger partial charge in [0.1, 0.15) is 5.69 Å². The number of benzene rings is 1. The van der Waals surface area contributed by atoms with E-state index in [2.05, 4.69) is 0 Å². The number of para-hydroxylation sites is 1. The summed E-state index contributed by atoms with van der Waals surface area (Å²) >= 11 is 0. The average Bonchev–Trinajstić information content (AvgIpc) is 2.54. The van der Waals surface area contributed by atoms with Gasteiger partial charge in [-0.05, 0) is 19.1 Å². The van der Waals surface area contributed by atoms with Gasteiger partial charge in [-0.3, -0.25) is 9.48 Å². The van der Waals surface area contributed by atoms with Crippen LogP contribution in [0.25, 0.3) is 5.69 Å². The third-order valence-electron chi connectivity index (χ3n) is 2.33. The van der Waals surface area contributed by atoms with E-state index < -0.39 is 12.5 Å². The van der Waals surface area contributed by atoms with Gasteiger partial charge in [-0.25, -0.2) is 4.68 Å². The molecular formula is C11H13N3O. The number of nitrogens with zero attached hydrogens (tertiary/aromatic N) is 2. The maximum atomic E-state index is 12.0. The van der Waals surface area contributed by atoms with Crippen LogP contribution in [-0.2, 0) is 6.98 Å². The summed E-state index contributed by atoms with van der Waals surface area (Å²) in [5, 5.41) is 0. The second kappa shape index (κ2) is 3.31. The fourth-order valence-corrected chi connectivity index (χ4v) is 1.43. The van der Waals surface area contributed by atoms with Crippen LogP contribution in [0.1, 0.15) is 9.81 Å². The molecule has 1 aromatic heterocycles. The second-order valence-electron chi connectivity index (χ2n) is 3.26. The number of anilines is 1. The number of hydrogen-bond donors (Lipinski definition) is 1. The van der Waals surface area contributed by atoms with E-state index in [9.17, 15) is 4.79 Å². The van der Waals surface area contributed by atoms with Crippen molar-refractivity contribution in [1.29, 1.82) is 0 Å². The zero-order chi connectivity index (χ0) is 13.5. The monoisotopic (exact) mass is 206 g/mol. The predicted molar refractivity (Wildman–Crippen MR) is 60.2 cm³/mol. The number of hydrogen-bond acceptors (Lipinski definition) is 2. The lowest BCUT2D eigenvalue weighted by Crippen LogP contribution is -2.20. The summed E-state index contributed by atoms with van der Waals surface area (Å²) in [4.78, 5) is 12.0. The van der Waals surface area contributed by atoms with Crippen LogP contribution in [-0.4, -0.2) is 9.36 Å². The number of nitrogen functional groups attached to an aromatic ring is 1. The summed E-state index contributed by atoms with van der Waals surface area (Å²) in [5.74, 6) is 0. The SMILES string of the molecule is [2H]C([2H])([2H])n1c(C)c(N)c(=O)n1-c1ccccc1. The number of nitrogens with two attached hydrogens (primary N) is 1. The van der Waals surface area contributed by atoms with E-state index in [1.165, 1.54) is 6.92 Å². The molecule has 0 saturated heterocycles. The van der Waals surface area contributed by atoms with Crippen molar-refractivity contribution in [2.24, 2.45) is 6.98 Å². The standard InChI is InChI=1S/C11H13N3O/c1-8-10(12)11(15)14(13(8)2)9-6-4-3-5-7-9/h3-7H,12H2,1-2H3/i2D3. The Hall–Kier alpha value is -1.97. The minimum Gasteiger partial charge on any atom is -0.393 e. The van der Waals surface area contributed by atoms with Crippen LogP contribution < -0.4 is 11.3 Å². The molecule has 1 aromatic carbocycles. The van der Waals surface area contributed by atoms with Gasteiger partial charge in [-0.15, -0.1) is 0 Å². The van der Waals surface area contributed by atoms with Gasteiger partial charge in [-0.1, -0.05) is 18.2 Å². The normalized spacial score (nSPS) is 14.3. The van der Waals surface area contributed by atoms with Gasteiger partial charge in [0, 0.05) is 11.1 Å². The molecule has 0 radical (unpaired) electrons. The number of aromatic nitrogens is 2. The zero-order valence-electron chi connectivity index (χ0n) is 11.3. The lowest BCUT2D eigenvalue weighted by molar-refractivity contribution is 0.630. The van der Waals surface area contributed by atoms with E-state index in [1.807, 2.05) is 0 Å². The van der Waals surface area contributed by atoms with E-state index in [4.69, 9.17) is 9.85 Å². The van der Waals surface area contributed by atoms with Crippen molar-refractivity contribution >= 4 is 5.69 Å². The first-order valence-electron chi connectivity index (χ1n) is 6.00. The summed E-state index contributed by atoms with van der Waals surface area (Å²) in [6, 6.07) is 8.55. The first-order chi connectivity index (χ1) is 8.34. The lowest BCUT2D eigenvalue weighted by Gasteiger charge is -2.07. The van der Waals surface area contributed by atoms with Gasteiger partial charge in [0.05, 0.1) is 11.4 Å². The van der Waals surface area contributed by atoms with E-state index in [0.717, 1.165) is 9.36 Å². The van der Waals surface area contributed by atoms with Crippen molar-refractivity contribution in [3.8, 4) is 5.69 Å². The second-order valence-corrected chi connectivity index (χ2v) is 3.26. The summed E-state index contributed by atoms with van der Waals surface area (Å²) in [6.07, 6.45) is 0. The van der Waals surface area contributed by atoms with Crippen molar-refractivity contribution < 1.29 is 4.11 Å². The fraction of sp³-hybridized carbons (Fsp3) is 0.182. The Labute approximate surface area is 91.8 Å². The van der Waals surface area contributed by atoms with Crippen molar-refractivity contribution in [2.75, 3.05) is 5.73 Å². The molecule has 0 aliphatic rings. The van der Waals surface area contributed by atoms with Crippen LogP contribution in [0.5, 0.6) is 0 Å². The van der Waals surface area contributed by atoms with Crippen LogP contribution >= 0.6 is 0 Å². The highest BCUT2D eigenvalue weighted by Gasteiger charge is 2.12. The molecule has 1 heterocycles. The van der Waals surface area contributed by atoms with Gasteiger partial charge in [0.2, 0.25) is 0 Å². The van der Waals surface area contributed by atoms with E-state index in [1.54, 1.807) is 30.3 Å². The van der Waals surface area contributed by atoms with Gasteiger partial charge < -0.3 is 5.73 Å². The molecule has 0 saturated carbocycles. The Kier molecular flexibility index (Phi) is 1.43. The topological polar surface area (TPSA) is 52.9 Å². The molecule has 0 bridgehead atoms. The molecule has 2 rings (SSSR count). The van der Waals surface area contributed by atoms with Crippen LogP contribution in [0.3, 0.4) is 0 Å². The van der Waals surface area contributed by atoms with Crippen molar-refractivity contribution in [2.45, 2.75) is 6.92 Å². The third kappa shape index (κ3) is 1.34. The van der Waals surface area contributed by atoms with Crippen molar-refractivity contribution in [3.05, 3.63) is 46.4 Å². The first-order valence-corrected chi connectivity index (χ1v) is 4.50. The molecule has 0 atom stereocenters. The molecule has 78 valence electrons. The first kappa shape index (κ1) is 6.50. The Morgan fingerprint density at radius 2 is 2.00 bits per heavy atom. The van der Waals surface area contributed by atoms with Gasteiger partial charge in [0.15, 0.2) is 0 Å².